The number of nitrogens with one attached hydrogen (secondary N) is 1. The van der Waals surface area contributed by atoms with E-state index in [1.165, 1.54) is 18.3 Å². The number of carbonyl (C=O) groups is 1. The zero-order chi connectivity index (χ0) is 24.5. The Hall–Kier alpha value is -2.80. The van der Waals surface area contributed by atoms with Crippen molar-refractivity contribution in [3.8, 4) is 0 Å². The van der Waals surface area contributed by atoms with E-state index in [0.29, 0.717) is 51.4 Å². The molecule has 34 heavy (non-hydrogen) atoms. The van der Waals surface area contributed by atoms with Crippen molar-refractivity contribution in [3.63, 3.8) is 0 Å². The van der Waals surface area contributed by atoms with Crippen molar-refractivity contribution < 1.29 is 26.4 Å². The monoisotopic (exact) mass is 500 g/mol. The van der Waals surface area contributed by atoms with Gasteiger partial charge < -0.3 is 9.80 Å². The number of aromatic nitrogens is 2. The fourth-order valence-corrected chi connectivity index (χ4v) is 4.81. The van der Waals surface area contributed by atoms with Crippen LogP contribution in [0.1, 0.15) is 24.0 Å². The second kappa shape index (κ2) is 9.45. The van der Waals surface area contributed by atoms with Gasteiger partial charge in [0.15, 0.2) is 5.82 Å². The second-order valence-electron chi connectivity index (χ2n) is 8.61. The maximum absolute atomic E-state index is 13.7. The Balaban J connectivity index is 1.37. The number of sulfonamides is 1. The number of benzene rings is 1. The summed E-state index contributed by atoms with van der Waals surface area (Å²) in [7, 11) is -3.50. The zero-order valence-electron chi connectivity index (χ0n) is 18.8. The third-order valence-electron chi connectivity index (χ3n) is 5.94. The lowest BCUT2D eigenvalue weighted by molar-refractivity contribution is -0.137. The van der Waals surface area contributed by atoms with Gasteiger partial charge in [-0.05, 0) is 30.5 Å². The summed E-state index contributed by atoms with van der Waals surface area (Å²) in [6.07, 6.45) is -0.257. The van der Waals surface area contributed by atoms with Gasteiger partial charge in [-0.2, -0.15) is 17.9 Å². The van der Waals surface area contributed by atoms with Gasteiger partial charge in [-0.15, -0.1) is 5.10 Å². The van der Waals surface area contributed by atoms with Crippen LogP contribution in [0.5, 0.6) is 0 Å². The maximum atomic E-state index is 13.7. The molecule has 0 saturated carbocycles. The van der Waals surface area contributed by atoms with Gasteiger partial charge in [-0.25, -0.2) is 13.2 Å². The van der Waals surface area contributed by atoms with Crippen LogP contribution in [0.4, 0.5) is 29.5 Å². The van der Waals surface area contributed by atoms with Crippen LogP contribution in [-0.2, 0) is 22.7 Å². The van der Waals surface area contributed by atoms with Gasteiger partial charge in [0.1, 0.15) is 0 Å². The minimum Gasteiger partial charge on any atom is -0.371 e. The largest absolute Gasteiger partial charge is 0.418 e. The average molecular weight is 501 g/mol. The van der Waals surface area contributed by atoms with E-state index in [2.05, 4.69) is 9.82 Å². The van der Waals surface area contributed by atoms with Crippen LogP contribution < -0.4 is 9.62 Å². The van der Waals surface area contributed by atoms with Crippen molar-refractivity contribution in [3.05, 3.63) is 41.6 Å². The minimum absolute atomic E-state index is 0.0485. The van der Waals surface area contributed by atoms with E-state index in [0.717, 1.165) is 23.8 Å². The molecule has 2 aromatic rings. The molecule has 2 saturated heterocycles. The number of hydrogen-bond acceptors (Lipinski definition) is 6. The summed E-state index contributed by atoms with van der Waals surface area (Å²) in [6.45, 7) is 3.39. The van der Waals surface area contributed by atoms with Crippen molar-refractivity contribution in [2.24, 2.45) is 0 Å². The molecule has 3 heterocycles. The molecular weight excluding hydrogens is 473 g/mol. The standard InChI is InChI=1S/C21H27F3N6O3S/c1-34(32,33)26-19-6-9-30(25-19)20(31)29-12-10-27(11-13-29)15-16-4-5-18(28-7-2-3-8-28)17(14-16)21(22,23)24/h4-6,9,14H,2-3,7-8,10-13,15H2,1H3,(H,25,26). The number of carbonyl (C=O) groups excluding carboxylic acids is 1. The topological polar surface area (TPSA) is 90.8 Å². The fraction of sp³-hybridized carbons (Fsp3) is 0.524. The lowest BCUT2D eigenvalue weighted by atomic mass is 10.1. The van der Waals surface area contributed by atoms with Crippen molar-refractivity contribution in [2.75, 3.05) is 55.1 Å². The second-order valence-corrected chi connectivity index (χ2v) is 10.4. The van der Waals surface area contributed by atoms with E-state index >= 15 is 0 Å². The smallest absolute Gasteiger partial charge is 0.371 e. The molecule has 1 aromatic heterocycles. The van der Waals surface area contributed by atoms with E-state index in [4.69, 9.17) is 0 Å². The molecule has 1 N–H and O–H groups in total. The Morgan fingerprint density at radius 1 is 1.06 bits per heavy atom. The molecule has 1 amide bonds. The van der Waals surface area contributed by atoms with Gasteiger partial charge in [0.25, 0.3) is 0 Å². The molecule has 0 spiro atoms. The van der Waals surface area contributed by atoms with Crippen LogP contribution in [0.25, 0.3) is 0 Å². The highest BCUT2D eigenvalue weighted by atomic mass is 32.2. The summed E-state index contributed by atoms with van der Waals surface area (Å²) in [4.78, 5) is 18.0. The first-order valence-corrected chi connectivity index (χ1v) is 12.9. The first-order valence-electron chi connectivity index (χ1n) is 11.0. The first kappa shape index (κ1) is 24.3. The molecule has 0 radical (unpaired) electrons. The van der Waals surface area contributed by atoms with Crippen LogP contribution in [0.15, 0.2) is 30.5 Å². The van der Waals surface area contributed by atoms with Gasteiger partial charge in [0, 0.05) is 63.8 Å². The quantitative estimate of drug-likeness (QED) is 0.679. The zero-order valence-corrected chi connectivity index (χ0v) is 19.6. The van der Waals surface area contributed by atoms with Crippen LogP contribution in [0.3, 0.4) is 0 Å². The highest BCUT2D eigenvalue weighted by Crippen LogP contribution is 2.38. The van der Waals surface area contributed by atoms with Crippen molar-refractivity contribution in [2.45, 2.75) is 25.6 Å². The molecule has 0 unspecified atom stereocenters. The summed E-state index contributed by atoms with van der Waals surface area (Å²) in [5.41, 5.74) is 0.227. The number of piperazine rings is 1. The van der Waals surface area contributed by atoms with E-state index in [1.54, 1.807) is 21.9 Å². The summed E-state index contributed by atoms with van der Waals surface area (Å²) in [5, 5.41) is 3.94. The fourth-order valence-electron chi connectivity index (χ4n) is 4.32. The number of rotatable bonds is 5. The van der Waals surface area contributed by atoms with E-state index in [-0.39, 0.29) is 11.5 Å². The number of halogens is 3. The highest BCUT2D eigenvalue weighted by Gasteiger charge is 2.36. The van der Waals surface area contributed by atoms with Crippen molar-refractivity contribution in [1.29, 1.82) is 0 Å². The van der Waals surface area contributed by atoms with E-state index in [9.17, 15) is 26.4 Å². The van der Waals surface area contributed by atoms with Crippen LogP contribution >= 0.6 is 0 Å². The number of amides is 1. The number of alkyl halides is 3. The maximum Gasteiger partial charge on any atom is 0.418 e. The SMILES string of the molecule is CS(=O)(=O)Nc1ccn(C(=O)N2CCN(Cc3ccc(N4CCCC4)c(C(F)(F)F)c3)CC2)n1. The molecule has 0 atom stereocenters. The van der Waals surface area contributed by atoms with Gasteiger partial charge in [-0.1, -0.05) is 6.07 Å². The lowest BCUT2D eigenvalue weighted by Gasteiger charge is -2.34. The molecule has 13 heteroatoms. The minimum atomic E-state index is -4.42. The summed E-state index contributed by atoms with van der Waals surface area (Å²) < 4.78 is 67.1. The normalized spacial score (nSPS) is 17.9. The molecule has 0 aliphatic carbocycles. The lowest BCUT2D eigenvalue weighted by Crippen LogP contribution is -2.49. The van der Waals surface area contributed by atoms with Gasteiger partial charge in [0.2, 0.25) is 10.0 Å². The number of hydrogen-bond donors (Lipinski definition) is 1. The van der Waals surface area contributed by atoms with Crippen LogP contribution in [0.2, 0.25) is 0 Å². The first-order chi connectivity index (χ1) is 16.0. The Morgan fingerprint density at radius 3 is 2.35 bits per heavy atom. The van der Waals surface area contributed by atoms with Gasteiger partial charge in [-0.3, -0.25) is 9.62 Å². The third-order valence-corrected chi connectivity index (χ3v) is 6.52. The predicted molar refractivity (Wildman–Crippen MR) is 121 cm³/mol. The molecule has 2 aliphatic rings. The van der Waals surface area contributed by atoms with Gasteiger partial charge in [0.05, 0.1) is 11.8 Å². The number of nitrogens with zero attached hydrogens (tertiary/aromatic N) is 5. The molecular formula is C21H27F3N6O3S. The molecule has 2 fully saturated rings. The van der Waals surface area contributed by atoms with Crippen molar-refractivity contribution in [1.82, 2.24) is 19.6 Å². The van der Waals surface area contributed by atoms with Crippen LogP contribution in [-0.4, -0.2) is 79.6 Å². The third kappa shape index (κ3) is 5.81. The number of anilines is 2. The predicted octanol–water partition coefficient (Wildman–Crippen LogP) is 2.66. The molecule has 9 nitrogen and oxygen atoms in total. The van der Waals surface area contributed by atoms with E-state index in [1.807, 2.05) is 4.90 Å². The van der Waals surface area contributed by atoms with Crippen LogP contribution in [0, 0.1) is 0 Å². The van der Waals surface area contributed by atoms with Crippen molar-refractivity contribution >= 4 is 27.6 Å². The molecule has 186 valence electrons. The molecule has 1 aromatic carbocycles. The summed E-state index contributed by atoms with van der Waals surface area (Å²) >= 11 is 0. The van der Waals surface area contributed by atoms with E-state index < -0.39 is 27.8 Å². The van der Waals surface area contributed by atoms with Gasteiger partial charge >= 0.3 is 12.2 Å². The summed E-state index contributed by atoms with van der Waals surface area (Å²) in [5.74, 6) is 0.0485. The average Bonchev–Trinajstić information content (AvgIpc) is 3.44. The molecule has 4 rings (SSSR count). The Morgan fingerprint density at radius 2 is 1.74 bits per heavy atom. The Bertz CT molecular complexity index is 1140. The Kier molecular flexibility index (Phi) is 6.76. The molecule has 0 bridgehead atoms. The summed E-state index contributed by atoms with van der Waals surface area (Å²) in [6, 6.07) is 5.56. The highest BCUT2D eigenvalue weighted by molar-refractivity contribution is 7.92. The molecule has 2 aliphatic heterocycles. The Labute approximate surface area is 196 Å².